The fraction of sp³-hybridized carbons (Fsp3) is 0.125. The number of rotatable bonds is 3. The van der Waals surface area contributed by atoms with E-state index < -0.39 is 0 Å². The molecule has 0 aliphatic heterocycles. The third kappa shape index (κ3) is 2.12. The molecule has 0 aliphatic carbocycles. The Kier molecular flexibility index (Phi) is 3.20. The lowest BCUT2D eigenvalue weighted by molar-refractivity contribution is 0.655. The summed E-state index contributed by atoms with van der Waals surface area (Å²) in [6.07, 6.45) is 2.77. The van der Waals surface area contributed by atoms with Crippen molar-refractivity contribution in [3.8, 4) is 0 Å². The number of nitrogens with one attached hydrogen (secondary N) is 2. The number of aromatic nitrogens is 3. The second-order valence-electron chi connectivity index (χ2n) is 5.16. The minimum absolute atomic E-state index is 0.00593. The van der Waals surface area contributed by atoms with Gasteiger partial charge in [-0.3, -0.25) is 9.36 Å². The predicted molar refractivity (Wildman–Crippen MR) is 93.3 cm³/mol. The Labute approximate surface area is 135 Å². The number of aromatic amines is 2. The van der Waals surface area contributed by atoms with Crippen molar-refractivity contribution in [3.05, 3.63) is 62.6 Å². The fourth-order valence-electron chi connectivity index (χ4n) is 2.74. The van der Waals surface area contributed by atoms with Crippen LogP contribution in [-0.4, -0.2) is 14.5 Å². The number of benzene rings is 1. The largest absolute Gasteiger partial charge is 0.361 e. The normalized spacial score (nSPS) is 11.5. The third-order valence-electron chi connectivity index (χ3n) is 3.87. The molecule has 0 bridgehead atoms. The summed E-state index contributed by atoms with van der Waals surface area (Å²) >= 11 is 6.77. The zero-order chi connectivity index (χ0) is 15.1. The number of hydrogen-bond acceptors (Lipinski definition) is 3. The minimum Gasteiger partial charge on any atom is -0.361 e. The van der Waals surface area contributed by atoms with Gasteiger partial charge in [0.1, 0.15) is 4.70 Å². The second kappa shape index (κ2) is 5.23. The van der Waals surface area contributed by atoms with Crippen LogP contribution in [-0.2, 0) is 13.0 Å². The Bertz CT molecular complexity index is 1080. The molecule has 2 N–H and O–H groups in total. The SMILES string of the molecule is O=c1c2sccc2[nH]c(=S)n1CCc1c[nH]c2ccccc12. The Balaban J connectivity index is 1.72. The number of fused-ring (bicyclic) bond motifs is 2. The standard InChI is InChI=1S/C16H13N3OS2/c20-15-14-13(6-8-22-14)18-16(21)19(15)7-5-10-9-17-12-4-2-1-3-11(10)12/h1-4,6,8-9,17H,5,7H2,(H,18,21). The van der Waals surface area contributed by atoms with Gasteiger partial charge in [-0.2, -0.15) is 0 Å². The fourth-order valence-corrected chi connectivity index (χ4v) is 3.83. The smallest absolute Gasteiger partial charge is 0.272 e. The second-order valence-corrected chi connectivity index (χ2v) is 6.46. The first kappa shape index (κ1) is 13.5. The van der Waals surface area contributed by atoms with Gasteiger partial charge in [0.05, 0.1) is 5.52 Å². The van der Waals surface area contributed by atoms with Gasteiger partial charge >= 0.3 is 0 Å². The number of nitrogens with zero attached hydrogens (tertiary/aromatic N) is 1. The van der Waals surface area contributed by atoms with E-state index in [2.05, 4.69) is 22.1 Å². The number of H-pyrrole nitrogens is 2. The molecule has 4 rings (SSSR count). The number of hydrogen-bond donors (Lipinski definition) is 2. The molecule has 0 atom stereocenters. The predicted octanol–water partition coefficient (Wildman–Crippen LogP) is 3.84. The summed E-state index contributed by atoms with van der Waals surface area (Å²) in [4.78, 5) is 18.9. The summed E-state index contributed by atoms with van der Waals surface area (Å²) in [6.45, 7) is 0.573. The molecule has 0 aliphatic rings. The molecule has 3 aromatic heterocycles. The quantitative estimate of drug-likeness (QED) is 0.562. The van der Waals surface area contributed by atoms with Gasteiger partial charge in [-0.25, -0.2) is 0 Å². The summed E-state index contributed by atoms with van der Waals surface area (Å²) in [5.74, 6) is 0. The maximum Gasteiger partial charge on any atom is 0.272 e. The lowest BCUT2D eigenvalue weighted by Crippen LogP contribution is -2.22. The molecule has 0 unspecified atom stereocenters. The highest BCUT2D eigenvalue weighted by Crippen LogP contribution is 2.19. The first-order chi connectivity index (χ1) is 10.7. The van der Waals surface area contributed by atoms with Crippen LogP contribution in [0.5, 0.6) is 0 Å². The Morgan fingerprint density at radius 3 is 2.95 bits per heavy atom. The van der Waals surface area contributed by atoms with Gasteiger partial charge in [-0.05, 0) is 41.7 Å². The highest BCUT2D eigenvalue weighted by atomic mass is 32.1. The number of para-hydroxylation sites is 1. The lowest BCUT2D eigenvalue weighted by atomic mass is 10.1. The third-order valence-corrected chi connectivity index (χ3v) is 5.10. The molecule has 6 heteroatoms. The van der Waals surface area contributed by atoms with Crippen molar-refractivity contribution < 1.29 is 0 Å². The zero-order valence-electron chi connectivity index (χ0n) is 11.6. The van der Waals surface area contributed by atoms with Crippen LogP contribution in [0.1, 0.15) is 5.56 Å². The highest BCUT2D eigenvalue weighted by molar-refractivity contribution is 7.71. The van der Waals surface area contributed by atoms with Crippen molar-refractivity contribution in [3.63, 3.8) is 0 Å². The van der Waals surface area contributed by atoms with Crippen LogP contribution in [0, 0.1) is 4.77 Å². The average Bonchev–Trinajstić information content (AvgIpc) is 3.14. The van der Waals surface area contributed by atoms with Crippen LogP contribution < -0.4 is 5.56 Å². The van der Waals surface area contributed by atoms with Crippen molar-refractivity contribution >= 4 is 44.7 Å². The van der Waals surface area contributed by atoms with E-state index in [9.17, 15) is 4.79 Å². The van der Waals surface area contributed by atoms with Gasteiger partial charge in [0, 0.05) is 23.6 Å². The Morgan fingerprint density at radius 2 is 2.05 bits per heavy atom. The van der Waals surface area contributed by atoms with E-state index in [-0.39, 0.29) is 5.56 Å². The summed E-state index contributed by atoms with van der Waals surface area (Å²) < 4.78 is 2.86. The monoisotopic (exact) mass is 327 g/mol. The minimum atomic E-state index is -0.00593. The molecular weight excluding hydrogens is 314 g/mol. The van der Waals surface area contributed by atoms with Gasteiger partial charge in [0.15, 0.2) is 4.77 Å². The van der Waals surface area contributed by atoms with Crippen LogP contribution in [0.15, 0.2) is 46.7 Å². The van der Waals surface area contributed by atoms with E-state index in [4.69, 9.17) is 12.2 Å². The van der Waals surface area contributed by atoms with Crippen molar-refractivity contribution in [2.24, 2.45) is 0 Å². The molecule has 22 heavy (non-hydrogen) atoms. The first-order valence-corrected chi connectivity index (χ1v) is 8.28. The maximum absolute atomic E-state index is 12.5. The molecule has 4 nitrogen and oxygen atoms in total. The zero-order valence-corrected chi connectivity index (χ0v) is 13.3. The van der Waals surface area contributed by atoms with Crippen molar-refractivity contribution in [2.75, 3.05) is 0 Å². The molecule has 4 aromatic rings. The Morgan fingerprint density at radius 1 is 1.18 bits per heavy atom. The van der Waals surface area contributed by atoms with E-state index in [1.807, 2.05) is 29.8 Å². The summed E-state index contributed by atoms with van der Waals surface area (Å²) in [7, 11) is 0. The van der Waals surface area contributed by atoms with E-state index >= 15 is 0 Å². The molecule has 3 heterocycles. The van der Waals surface area contributed by atoms with Crippen molar-refractivity contribution in [1.29, 1.82) is 0 Å². The molecule has 0 saturated heterocycles. The van der Waals surface area contributed by atoms with E-state index in [0.29, 0.717) is 11.3 Å². The maximum atomic E-state index is 12.5. The van der Waals surface area contributed by atoms with Crippen LogP contribution in [0.2, 0.25) is 0 Å². The highest BCUT2D eigenvalue weighted by Gasteiger charge is 2.08. The van der Waals surface area contributed by atoms with Gasteiger partial charge in [-0.1, -0.05) is 18.2 Å². The van der Waals surface area contributed by atoms with Crippen LogP contribution in [0.4, 0.5) is 0 Å². The number of aryl methyl sites for hydroxylation is 1. The van der Waals surface area contributed by atoms with E-state index in [1.165, 1.54) is 22.3 Å². The van der Waals surface area contributed by atoms with Gasteiger partial charge < -0.3 is 9.97 Å². The summed E-state index contributed by atoms with van der Waals surface area (Å²) in [6, 6.07) is 10.1. The lowest BCUT2D eigenvalue weighted by Gasteiger charge is -2.06. The van der Waals surface area contributed by atoms with Crippen LogP contribution in [0.3, 0.4) is 0 Å². The molecule has 0 saturated carbocycles. The van der Waals surface area contributed by atoms with Gasteiger partial charge in [-0.15, -0.1) is 11.3 Å². The molecule has 110 valence electrons. The summed E-state index contributed by atoms with van der Waals surface area (Å²) in [5.41, 5.74) is 3.13. The topological polar surface area (TPSA) is 53.6 Å². The molecule has 0 radical (unpaired) electrons. The molecule has 0 fully saturated rings. The van der Waals surface area contributed by atoms with Crippen LogP contribution >= 0.6 is 23.6 Å². The van der Waals surface area contributed by atoms with E-state index in [0.717, 1.165) is 22.2 Å². The van der Waals surface area contributed by atoms with Gasteiger partial charge in [0.25, 0.3) is 5.56 Å². The van der Waals surface area contributed by atoms with Crippen molar-refractivity contribution in [2.45, 2.75) is 13.0 Å². The molecule has 0 spiro atoms. The summed E-state index contributed by atoms with van der Waals surface area (Å²) in [5, 5.41) is 3.10. The number of thiophene rings is 1. The molecule has 1 aromatic carbocycles. The van der Waals surface area contributed by atoms with Crippen molar-refractivity contribution in [1.82, 2.24) is 14.5 Å². The first-order valence-electron chi connectivity index (χ1n) is 6.99. The van der Waals surface area contributed by atoms with Gasteiger partial charge in [0.2, 0.25) is 0 Å². The van der Waals surface area contributed by atoms with Crippen LogP contribution in [0.25, 0.3) is 21.1 Å². The molecular formula is C16H13N3OS2. The van der Waals surface area contributed by atoms with E-state index in [1.54, 1.807) is 4.57 Å². The average molecular weight is 327 g/mol. The Hall–Kier alpha value is -2.18. The molecule has 0 amide bonds.